The number of hydrogen-bond acceptors (Lipinski definition) is 6. The van der Waals surface area contributed by atoms with Crippen molar-refractivity contribution in [1.29, 1.82) is 0 Å². The predicted molar refractivity (Wildman–Crippen MR) is 151 cm³/mol. The van der Waals surface area contributed by atoms with Crippen molar-refractivity contribution in [2.75, 3.05) is 57.0 Å². The molecule has 0 aromatic heterocycles. The van der Waals surface area contributed by atoms with Gasteiger partial charge in [-0.3, -0.25) is 24.1 Å². The zero-order valence-electron chi connectivity index (χ0n) is 23.1. The van der Waals surface area contributed by atoms with E-state index in [1.165, 1.54) is 0 Å². The summed E-state index contributed by atoms with van der Waals surface area (Å²) in [5, 5.41) is 5.80. The summed E-state index contributed by atoms with van der Waals surface area (Å²) in [6, 6.07) is 11.9. The van der Waals surface area contributed by atoms with E-state index in [-0.39, 0.29) is 35.6 Å². The van der Waals surface area contributed by atoms with Gasteiger partial charge in [-0.05, 0) is 80.3 Å². The summed E-state index contributed by atoms with van der Waals surface area (Å²) in [5.41, 5.74) is 3.32. The minimum absolute atomic E-state index is 0.0316. The average Bonchev–Trinajstić information content (AvgIpc) is 3.69. The van der Waals surface area contributed by atoms with Crippen LogP contribution in [-0.4, -0.2) is 97.2 Å². The van der Waals surface area contributed by atoms with Gasteiger partial charge in [0.1, 0.15) is 6.04 Å². The number of piperazine rings is 1. The van der Waals surface area contributed by atoms with Gasteiger partial charge in [0.05, 0.1) is 6.54 Å². The summed E-state index contributed by atoms with van der Waals surface area (Å²) in [5.74, 6) is -0.312. The lowest BCUT2D eigenvalue weighted by atomic mass is 9.96. The number of benzene rings is 2. The van der Waals surface area contributed by atoms with Crippen molar-refractivity contribution >= 4 is 35.0 Å². The molecule has 1 aliphatic carbocycles. The van der Waals surface area contributed by atoms with Crippen LogP contribution >= 0.6 is 0 Å². The third-order valence-corrected chi connectivity index (χ3v) is 8.98. The van der Waals surface area contributed by atoms with E-state index < -0.39 is 6.04 Å². The number of rotatable bonds is 6. The minimum atomic E-state index is -0.535. The van der Waals surface area contributed by atoms with Crippen LogP contribution in [0.3, 0.4) is 0 Å². The molecule has 210 valence electrons. The average molecular weight is 545 g/mol. The van der Waals surface area contributed by atoms with Gasteiger partial charge in [0.15, 0.2) is 0 Å². The smallest absolute Gasteiger partial charge is 0.254 e. The number of anilines is 2. The number of fused-ring (bicyclic) bond motifs is 3. The molecular formula is C30H36N6O4. The SMILES string of the molecule is CN1CCN(CC(=O)N(C)c2ccc(NC(=O)C3C4CCC(C4)N3C(=O)c3ccc4c(c3)CNC4=O)cc2)CC1. The van der Waals surface area contributed by atoms with Crippen LogP contribution in [0.1, 0.15) is 45.5 Å². The molecule has 3 unspecified atom stereocenters. The van der Waals surface area contributed by atoms with E-state index in [4.69, 9.17) is 0 Å². The topological polar surface area (TPSA) is 105 Å². The molecule has 0 spiro atoms. The maximum atomic E-state index is 13.6. The van der Waals surface area contributed by atoms with Crippen molar-refractivity contribution in [3.05, 3.63) is 59.2 Å². The lowest BCUT2D eigenvalue weighted by Gasteiger charge is -2.34. The monoisotopic (exact) mass is 544 g/mol. The molecule has 0 radical (unpaired) electrons. The first-order valence-corrected chi connectivity index (χ1v) is 14.1. The third kappa shape index (κ3) is 4.97. The van der Waals surface area contributed by atoms with E-state index in [0.29, 0.717) is 29.9 Å². The molecule has 2 saturated heterocycles. The van der Waals surface area contributed by atoms with Crippen LogP contribution in [0.4, 0.5) is 11.4 Å². The zero-order valence-corrected chi connectivity index (χ0v) is 23.1. The Balaban J connectivity index is 1.11. The van der Waals surface area contributed by atoms with Crippen molar-refractivity contribution in [3.8, 4) is 0 Å². The molecule has 2 N–H and O–H groups in total. The quantitative estimate of drug-likeness (QED) is 0.575. The maximum absolute atomic E-state index is 13.6. The van der Waals surface area contributed by atoms with Crippen LogP contribution in [0.2, 0.25) is 0 Å². The first kappa shape index (κ1) is 26.5. The molecule has 6 rings (SSSR count). The van der Waals surface area contributed by atoms with Crippen molar-refractivity contribution in [2.45, 2.75) is 37.9 Å². The molecule has 10 nitrogen and oxygen atoms in total. The number of nitrogens with one attached hydrogen (secondary N) is 2. The van der Waals surface area contributed by atoms with E-state index in [9.17, 15) is 19.2 Å². The van der Waals surface area contributed by atoms with Crippen molar-refractivity contribution in [2.24, 2.45) is 5.92 Å². The molecule has 3 heterocycles. The molecule has 2 bridgehead atoms. The number of amides is 4. The summed E-state index contributed by atoms with van der Waals surface area (Å²) in [7, 11) is 3.87. The van der Waals surface area contributed by atoms with Crippen LogP contribution in [-0.2, 0) is 16.1 Å². The minimum Gasteiger partial charge on any atom is -0.348 e. The van der Waals surface area contributed by atoms with E-state index in [2.05, 4.69) is 27.5 Å². The Bertz CT molecular complexity index is 1340. The Morgan fingerprint density at radius 3 is 2.52 bits per heavy atom. The van der Waals surface area contributed by atoms with Gasteiger partial charge in [-0.15, -0.1) is 0 Å². The largest absolute Gasteiger partial charge is 0.348 e. The molecule has 3 aliphatic heterocycles. The van der Waals surface area contributed by atoms with Crippen molar-refractivity contribution in [1.82, 2.24) is 20.0 Å². The molecule has 4 amide bonds. The van der Waals surface area contributed by atoms with Crippen LogP contribution < -0.4 is 15.5 Å². The standard InChI is InChI=1S/C30H36N6O4/c1-33-11-13-35(14-12-33)18-26(37)34(2)23-8-5-22(6-9-23)32-29(39)27-19-3-7-24(16-19)36(27)30(40)20-4-10-25-21(15-20)17-31-28(25)38/h4-6,8-10,15,19,24,27H,3,7,11-14,16-18H2,1-2H3,(H,31,38)(H,32,39). The number of piperidine rings is 1. The fourth-order valence-electron chi connectivity index (χ4n) is 6.56. The van der Waals surface area contributed by atoms with Crippen LogP contribution in [0.5, 0.6) is 0 Å². The molecule has 1 saturated carbocycles. The second-order valence-corrected chi connectivity index (χ2v) is 11.5. The number of carbonyl (C=O) groups is 4. The van der Waals surface area contributed by atoms with Crippen molar-refractivity contribution in [3.63, 3.8) is 0 Å². The van der Waals surface area contributed by atoms with E-state index in [0.717, 1.165) is 56.7 Å². The first-order valence-electron chi connectivity index (χ1n) is 14.1. The van der Waals surface area contributed by atoms with E-state index in [1.54, 1.807) is 47.2 Å². The number of carbonyl (C=O) groups excluding carboxylic acids is 4. The Labute approximate surface area is 234 Å². The third-order valence-electron chi connectivity index (χ3n) is 8.98. The maximum Gasteiger partial charge on any atom is 0.254 e. The van der Waals surface area contributed by atoms with Crippen molar-refractivity contribution < 1.29 is 19.2 Å². The highest BCUT2D eigenvalue weighted by Crippen LogP contribution is 2.43. The molecule has 40 heavy (non-hydrogen) atoms. The molecule has 2 aromatic carbocycles. The summed E-state index contributed by atoms with van der Waals surface area (Å²) in [6.45, 7) is 4.48. The second-order valence-electron chi connectivity index (χ2n) is 11.5. The van der Waals surface area contributed by atoms with Crippen LogP contribution in [0.15, 0.2) is 42.5 Å². The molecule has 3 fully saturated rings. The Morgan fingerprint density at radius 2 is 1.77 bits per heavy atom. The van der Waals surface area contributed by atoms with Gasteiger partial charge in [-0.25, -0.2) is 0 Å². The first-order chi connectivity index (χ1) is 19.3. The lowest BCUT2D eigenvalue weighted by Crippen LogP contribution is -2.51. The summed E-state index contributed by atoms with van der Waals surface area (Å²) >= 11 is 0. The summed E-state index contributed by atoms with van der Waals surface area (Å²) in [6.07, 6.45) is 2.65. The van der Waals surface area contributed by atoms with Gasteiger partial charge in [0.2, 0.25) is 11.8 Å². The Kier molecular flexibility index (Phi) is 7.06. The predicted octanol–water partition coefficient (Wildman–Crippen LogP) is 1.77. The highest BCUT2D eigenvalue weighted by Gasteiger charge is 2.51. The molecule has 10 heteroatoms. The van der Waals surface area contributed by atoms with E-state index in [1.807, 2.05) is 12.1 Å². The number of likely N-dealkylation sites (tertiary alicyclic amines) is 1. The molecular weight excluding hydrogens is 508 g/mol. The van der Waals surface area contributed by atoms with Gasteiger partial charge in [-0.2, -0.15) is 0 Å². The summed E-state index contributed by atoms with van der Waals surface area (Å²) in [4.78, 5) is 59.8. The zero-order chi connectivity index (χ0) is 28.0. The Hall–Kier alpha value is -3.76. The van der Waals surface area contributed by atoms with Gasteiger partial charge >= 0.3 is 0 Å². The molecule has 2 aromatic rings. The van der Waals surface area contributed by atoms with Gasteiger partial charge < -0.3 is 25.3 Å². The highest BCUT2D eigenvalue weighted by molar-refractivity contribution is 6.04. The number of likely N-dealkylation sites (N-methyl/N-ethyl adjacent to an activating group) is 2. The normalized spacial score (nSPS) is 24.1. The number of nitrogens with zero attached hydrogens (tertiary/aromatic N) is 4. The fourth-order valence-corrected chi connectivity index (χ4v) is 6.56. The molecule has 3 atom stereocenters. The fraction of sp³-hybridized carbons (Fsp3) is 0.467. The van der Waals surface area contributed by atoms with Gasteiger partial charge in [0.25, 0.3) is 11.8 Å². The second kappa shape index (κ2) is 10.7. The number of hydrogen-bond donors (Lipinski definition) is 2. The van der Waals surface area contributed by atoms with Crippen LogP contribution in [0, 0.1) is 5.92 Å². The molecule has 4 aliphatic rings. The van der Waals surface area contributed by atoms with Crippen LogP contribution in [0.25, 0.3) is 0 Å². The Morgan fingerprint density at radius 1 is 1.02 bits per heavy atom. The van der Waals surface area contributed by atoms with E-state index >= 15 is 0 Å². The highest BCUT2D eigenvalue weighted by atomic mass is 16.2. The van der Waals surface area contributed by atoms with Gasteiger partial charge in [-0.1, -0.05) is 0 Å². The van der Waals surface area contributed by atoms with Gasteiger partial charge in [0, 0.05) is 68.3 Å². The lowest BCUT2D eigenvalue weighted by molar-refractivity contribution is -0.122. The summed E-state index contributed by atoms with van der Waals surface area (Å²) < 4.78 is 0.